The summed E-state index contributed by atoms with van der Waals surface area (Å²) >= 11 is 4.51. The number of aryl methyl sites for hydroxylation is 2. The predicted molar refractivity (Wildman–Crippen MR) is 115 cm³/mol. The lowest BCUT2D eigenvalue weighted by atomic mass is 10.1. The van der Waals surface area contributed by atoms with Crippen LogP contribution < -0.4 is 10.2 Å². The smallest absolute Gasteiger partial charge is 0.266 e. The standard InChI is InChI=1S/C23H19N3O2S/c1-14-3-7-16(8-4-14)19-11-12-20(28-19)21-25-22(27)18(13-24)23(29)26(21)17-9-5-15(2)6-10-17/h3-12,21,29H,1-2H3,(H,25,27). The number of rotatable bonds is 3. The summed E-state index contributed by atoms with van der Waals surface area (Å²) in [5.74, 6) is 0.783. The van der Waals surface area contributed by atoms with Gasteiger partial charge in [0, 0.05) is 11.3 Å². The van der Waals surface area contributed by atoms with Crippen molar-refractivity contribution in [3.8, 4) is 17.4 Å². The Labute approximate surface area is 174 Å². The highest BCUT2D eigenvalue weighted by Crippen LogP contribution is 2.37. The number of benzene rings is 2. The first-order valence-electron chi connectivity index (χ1n) is 9.15. The summed E-state index contributed by atoms with van der Waals surface area (Å²) in [5, 5.41) is 12.6. The van der Waals surface area contributed by atoms with E-state index < -0.39 is 12.1 Å². The number of nitriles is 1. The molecule has 6 heteroatoms. The number of anilines is 1. The van der Waals surface area contributed by atoms with Gasteiger partial charge in [0.2, 0.25) is 0 Å². The van der Waals surface area contributed by atoms with Crippen LogP contribution in [0.25, 0.3) is 11.3 Å². The average Bonchev–Trinajstić information content (AvgIpc) is 3.19. The molecule has 0 radical (unpaired) electrons. The summed E-state index contributed by atoms with van der Waals surface area (Å²) in [4.78, 5) is 14.2. The molecule has 3 aromatic rings. The van der Waals surface area contributed by atoms with Gasteiger partial charge in [-0.15, -0.1) is 12.6 Å². The van der Waals surface area contributed by atoms with Gasteiger partial charge in [-0.3, -0.25) is 4.79 Å². The van der Waals surface area contributed by atoms with E-state index in [4.69, 9.17) is 4.42 Å². The average molecular weight is 401 g/mol. The molecule has 4 rings (SSSR count). The molecular weight excluding hydrogens is 382 g/mol. The van der Waals surface area contributed by atoms with Gasteiger partial charge in [0.1, 0.15) is 23.2 Å². The molecule has 0 spiro atoms. The van der Waals surface area contributed by atoms with Gasteiger partial charge in [-0.05, 0) is 38.1 Å². The first-order chi connectivity index (χ1) is 14.0. The summed E-state index contributed by atoms with van der Waals surface area (Å²) in [6, 6.07) is 21.5. The first kappa shape index (κ1) is 18.9. The highest BCUT2D eigenvalue weighted by molar-refractivity contribution is 7.84. The maximum absolute atomic E-state index is 12.5. The summed E-state index contributed by atoms with van der Waals surface area (Å²) in [6.45, 7) is 4.03. The van der Waals surface area contributed by atoms with Crippen LogP contribution in [0.5, 0.6) is 0 Å². The number of nitrogens with one attached hydrogen (secondary N) is 1. The normalized spacial score (nSPS) is 16.6. The zero-order valence-corrected chi connectivity index (χ0v) is 16.9. The topological polar surface area (TPSA) is 69.3 Å². The molecule has 0 fully saturated rings. The van der Waals surface area contributed by atoms with Crippen LogP contribution >= 0.6 is 12.6 Å². The fourth-order valence-electron chi connectivity index (χ4n) is 3.25. The Morgan fingerprint density at radius 1 is 1.00 bits per heavy atom. The molecule has 0 aliphatic carbocycles. The van der Waals surface area contributed by atoms with Gasteiger partial charge < -0.3 is 14.6 Å². The van der Waals surface area contributed by atoms with Crippen molar-refractivity contribution < 1.29 is 9.21 Å². The van der Waals surface area contributed by atoms with Crippen LogP contribution in [-0.2, 0) is 4.79 Å². The van der Waals surface area contributed by atoms with Crippen LogP contribution in [0, 0.1) is 25.2 Å². The molecule has 1 aromatic heterocycles. The number of hydrogen-bond donors (Lipinski definition) is 2. The molecule has 144 valence electrons. The Hall–Kier alpha value is -3.43. The Balaban J connectivity index is 1.78. The van der Waals surface area contributed by atoms with Gasteiger partial charge in [-0.25, -0.2) is 0 Å². The van der Waals surface area contributed by atoms with E-state index in [2.05, 4.69) is 17.9 Å². The molecule has 5 nitrogen and oxygen atoms in total. The van der Waals surface area contributed by atoms with E-state index in [0.29, 0.717) is 16.5 Å². The molecule has 1 aliphatic heterocycles. The number of thiol groups is 1. The number of amides is 1. The van der Waals surface area contributed by atoms with Crippen molar-refractivity contribution in [2.45, 2.75) is 20.0 Å². The van der Waals surface area contributed by atoms with Crippen molar-refractivity contribution >= 4 is 24.2 Å². The lowest BCUT2D eigenvalue weighted by molar-refractivity contribution is -0.118. The molecule has 1 aliphatic rings. The van der Waals surface area contributed by atoms with Crippen LogP contribution in [0.3, 0.4) is 0 Å². The molecule has 2 aromatic carbocycles. The molecule has 0 saturated heterocycles. The van der Waals surface area contributed by atoms with E-state index in [1.165, 1.54) is 5.56 Å². The van der Waals surface area contributed by atoms with Crippen molar-refractivity contribution in [1.82, 2.24) is 5.32 Å². The predicted octanol–water partition coefficient (Wildman–Crippen LogP) is 4.86. The number of furan rings is 1. The molecule has 29 heavy (non-hydrogen) atoms. The summed E-state index contributed by atoms with van der Waals surface area (Å²) in [6.07, 6.45) is -0.617. The lowest BCUT2D eigenvalue weighted by Gasteiger charge is -2.36. The van der Waals surface area contributed by atoms with Crippen LogP contribution in [-0.4, -0.2) is 5.91 Å². The Kier molecular flexibility index (Phi) is 4.91. The monoisotopic (exact) mass is 401 g/mol. The second-order valence-electron chi connectivity index (χ2n) is 6.96. The Bertz CT molecular complexity index is 1140. The van der Waals surface area contributed by atoms with E-state index in [1.807, 2.05) is 80.6 Å². The molecule has 0 saturated carbocycles. The molecular formula is C23H19N3O2S. The van der Waals surface area contributed by atoms with Gasteiger partial charge in [-0.1, -0.05) is 47.5 Å². The molecule has 1 atom stereocenters. The van der Waals surface area contributed by atoms with Crippen LogP contribution in [0.4, 0.5) is 5.69 Å². The van der Waals surface area contributed by atoms with Crippen LogP contribution in [0.1, 0.15) is 23.1 Å². The van der Waals surface area contributed by atoms with E-state index in [-0.39, 0.29) is 5.57 Å². The second kappa shape index (κ2) is 7.53. The maximum Gasteiger partial charge on any atom is 0.266 e. The summed E-state index contributed by atoms with van der Waals surface area (Å²) < 4.78 is 6.09. The molecule has 0 bridgehead atoms. The molecule has 1 amide bonds. The van der Waals surface area contributed by atoms with Gasteiger partial charge in [-0.2, -0.15) is 5.26 Å². The summed E-state index contributed by atoms with van der Waals surface area (Å²) in [7, 11) is 0. The van der Waals surface area contributed by atoms with Gasteiger partial charge >= 0.3 is 0 Å². The third kappa shape index (κ3) is 3.53. The van der Waals surface area contributed by atoms with Crippen molar-refractivity contribution in [2.75, 3.05) is 4.90 Å². The van der Waals surface area contributed by atoms with Gasteiger partial charge in [0.25, 0.3) is 5.91 Å². The molecule has 1 N–H and O–H groups in total. The summed E-state index contributed by atoms with van der Waals surface area (Å²) in [5.41, 5.74) is 3.99. The lowest BCUT2D eigenvalue weighted by Crippen LogP contribution is -2.45. The number of hydrogen-bond acceptors (Lipinski definition) is 5. The van der Waals surface area contributed by atoms with Gasteiger partial charge in [0.15, 0.2) is 6.17 Å². The van der Waals surface area contributed by atoms with E-state index in [9.17, 15) is 10.1 Å². The van der Waals surface area contributed by atoms with Crippen molar-refractivity contribution in [2.24, 2.45) is 0 Å². The molecule has 2 heterocycles. The van der Waals surface area contributed by atoms with Crippen molar-refractivity contribution in [1.29, 1.82) is 5.26 Å². The SMILES string of the molecule is Cc1ccc(-c2ccc(C3NC(=O)C(C#N)=C(S)N3c3ccc(C)cc3)o2)cc1. The van der Waals surface area contributed by atoms with Crippen molar-refractivity contribution in [3.05, 3.63) is 88.2 Å². The van der Waals surface area contributed by atoms with E-state index >= 15 is 0 Å². The fourth-order valence-corrected chi connectivity index (χ4v) is 3.64. The minimum atomic E-state index is -0.617. The van der Waals surface area contributed by atoms with Crippen LogP contribution in [0.15, 0.2) is 75.7 Å². The minimum Gasteiger partial charge on any atom is -0.457 e. The Morgan fingerprint density at radius 2 is 1.62 bits per heavy atom. The quantitative estimate of drug-likeness (QED) is 0.615. The third-order valence-corrected chi connectivity index (χ3v) is 5.30. The third-order valence-electron chi connectivity index (χ3n) is 4.86. The highest BCUT2D eigenvalue weighted by atomic mass is 32.1. The maximum atomic E-state index is 12.5. The number of nitrogens with zero attached hydrogens (tertiary/aromatic N) is 2. The number of carbonyl (C=O) groups excluding carboxylic acids is 1. The largest absolute Gasteiger partial charge is 0.457 e. The zero-order chi connectivity index (χ0) is 20.5. The van der Waals surface area contributed by atoms with Gasteiger partial charge in [0.05, 0.1) is 5.03 Å². The second-order valence-corrected chi connectivity index (χ2v) is 7.38. The number of carbonyl (C=O) groups is 1. The van der Waals surface area contributed by atoms with Crippen LogP contribution in [0.2, 0.25) is 0 Å². The van der Waals surface area contributed by atoms with Crippen molar-refractivity contribution in [3.63, 3.8) is 0 Å². The van der Waals surface area contributed by atoms with E-state index in [0.717, 1.165) is 16.8 Å². The first-order valence-corrected chi connectivity index (χ1v) is 9.59. The fraction of sp³-hybridized carbons (Fsp3) is 0.130. The minimum absolute atomic E-state index is 0.0320. The Morgan fingerprint density at radius 3 is 2.24 bits per heavy atom. The highest BCUT2D eigenvalue weighted by Gasteiger charge is 2.35. The van der Waals surface area contributed by atoms with E-state index in [1.54, 1.807) is 4.90 Å². The zero-order valence-electron chi connectivity index (χ0n) is 16.0. The molecule has 1 unspecified atom stereocenters.